The number of aliphatic hydroxyl groups excluding tert-OH is 2. The number of carboxylic acids is 3. The van der Waals surface area contributed by atoms with Crippen LogP contribution in [0.25, 0.3) is 0 Å². The first-order chi connectivity index (χ1) is 16.5. The highest BCUT2D eigenvalue weighted by Gasteiger charge is 2.16. The Bertz CT molecular complexity index is 871. The predicted molar refractivity (Wildman–Crippen MR) is 130 cm³/mol. The first kappa shape index (κ1) is 31.0. The van der Waals surface area contributed by atoms with Gasteiger partial charge in [0.05, 0.1) is 28.9 Å². The van der Waals surface area contributed by atoms with Gasteiger partial charge in [-0.15, -0.1) is 0 Å². The standard InChI is InChI=1S/3C7H6O2.C5H12O3/c3*8-7(9)6-4-2-1-3-5-6;1-5(8,4-7)2-3-6/h3*1-5H,(H,8,9);6-8H,2-4H2,1H3. The first-order valence-electron chi connectivity index (χ1n) is 10.3. The van der Waals surface area contributed by atoms with Crippen molar-refractivity contribution < 1.29 is 45.0 Å². The number of carbonyl (C=O) groups is 3. The molecule has 0 bridgehead atoms. The second-order valence-corrected chi connectivity index (χ2v) is 7.14. The van der Waals surface area contributed by atoms with Crippen LogP contribution < -0.4 is 0 Å². The van der Waals surface area contributed by atoms with Gasteiger partial charge < -0.3 is 30.6 Å². The molecule has 9 nitrogen and oxygen atoms in total. The van der Waals surface area contributed by atoms with Gasteiger partial charge in [-0.05, 0) is 43.3 Å². The number of hydrogen-bond acceptors (Lipinski definition) is 6. The fourth-order valence-corrected chi connectivity index (χ4v) is 2.06. The van der Waals surface area contributed by atoms with E-state index in [9.17, 15) is 14.4 Å². The molecule has 3 aromatic carbocycles. The van der Waals surface area contributed by atoms with E-state index in [1.165, 1.54) is 6.92 Å². The lowest BCUT2D eigenvalue weighted by Crippen LogP contribution is -2.29. The predicted octanol–water partition coefficient (Wildman–Crippen LogP) is 3.27. The van der Waals surface area contributed by atoms with Crippen molar-refractivity contribution in [3.05, 3.63) is 108 Å². The molecule has 0 amide bonds. The van der Waals surface area contributed by atoms with Gasteiger partial charge in [0.15, 0.2) is 0 Å². The summed E-state index contributed by atoms with van der Waals surface area (Å²) in [6.45, 7) is 1.09. The number of aliphatic hydroxyl groups is 3. The molecule has 1 atom stereocenters. The summed E-state index contributed by atoms with van der Waals surface area (Å²) in [5.41, 5.74) is -0.109. The second-order valence-electron chi connectivity index (χ2n) is 7.14. The SMILES string of the molecule is CC(O)(CO)CCO.O=C(O)c1ccccc1.O=C(O)c1ccccc1.O=C(O)c1ccccc1. The van der Waals surface area contributed by atoms with E-state index in [-0.39, 0.29) is 19.6 Å². The quantitative estimate of drug-likeness (QED) is 0.306. The van der Waals surface area contributed by atoms with Crippen molar-refractivity contribution in [1.82, 2.24) is 0 Å². The molecule has 35 heavy (non-hydrogen) atoms. The Labute approximate surface area is 203 Å². The third-order valence-corrected chi connectivity index (χ3v) is 4.05. The highest BCUT2D eigenvalue weighted by Crippen LogP contribution is 2.05. The molecular formula is C26H30O9. The summed E-state index contributed by atoms with van der Waals surface area (Å²) in [6.07, 6.45) is 0.226. The number of hydrogen-bond donors (Lipinski definition) is 6. The lowest BCUT2D eigenvalue weighted by atomic mass is 10.1. The molecule has 9 heteroatoms. The Kier molecular flexibility index (Phi) is 15.4. The minimum absolute atomic E-state index is 0.0897. The van der Waals surface area contributed by atoms with E-state index in [0.717, 1.165) is 0 Å². The Morgan fingerprint density at radius 1 is 0.600 bits per heavy atom. The van der Waals surface area contributed by atoms with E-state index in [4.69, 9.17) is 30.6 Å². The monoisotopic (exact) mass is 486 g/mol. The zero-order valence-corrected chi connectivity index (χ0v) is 19.2. The molecule has 0 saturated carbocycles. The summed E-state index contributed by atoms with van der Waals surface area (Å²) < 4.78 is 0. The first-order valence-corrected chi connectivity index (χ1v) is 10.3. The molecule has 6 N–H and O–H groups in total. The topological polar surface area (TPSA) is 173 Å². The van der Waals surface area contributed by atoms with Crippen LogP contribution >= 0.6 is 0 Å². The number of rotatable bonds is 6. The van der Waals surface area contributed by atoms with Crippen molar-refractivity contribution in [2.75, 3.05) is 13.2 Å². The molecule has 3 aromatic rings. The maximum Gasteiger partial charge on any atom is 0.335 e. The summed E-state index contributed by atoms with van der Waals surface area (Å²) >= 11 is 0. The average Bonchev–Trinajstić information content (AvgIpc) is 2.87. The Balaban J connectivity index is 0.000000441. The van der Waals surface area contributed by atoms with E-state index < -0.39 is 23.5 Å². The Morgan fingerprint density at radius 3 is 0.971 bits per heavy atom. The normalized spacial score (nSPS) is 11.0. The van der Waals surface area contributed by atoms with Crippen LogP contribution in [-0.2, 0) is 0 Å². The summed E-state index contributed by atoms with van der Waals surface area (Å²) in [6, 6.07) is 24.9. The van der Waals surface area contributed by atoms with Gasteiger partial charge >= 0.3 is 17.9 Å². The van der Waals surface area contributed by atoms with Crippen molar-refractivity contribution in [3.8, 4) is 0 Å². The van der Waals surface area contributed by atoms with Gasteiger partial charge in [-0.1, -0.05) is 54.6 Å². The molecule has 0 aromatic heterocycles. The van der Waals surface area contributed by atoms with E-state index in [0.29, 0.717) is 16.7 Å². The third-order valence-electron chi connectivity index (χ3n) is 4.05. The molecule has 0 aliphatic heterocycles. The molecule has 0 aliphatic rings. The molecule has 3 rings (SSSR count). The van der Waals surface area contributed by atoms with Crippen LogP contribution in [0.15, 0.2) is 91.0 Å². The summed E-state index contributed by atoms with van der Waals surface area (Å²) in [5, 5.41) is 50.7. The van der Waals surface area contributed by atoms with Gasteiger partial charge in [0.1, 0.15) is 0 Å². The zero-order chi connectivity index (χ0) is 26.7. The molecule has 188 valence electrons. The van der Waals surface area contributed by atoms with Crippen molar-refractivity contribution in [3.63, 3.8) is 0 Å². The maximum atomic E-state index is 10.2. The molecule has 0 radical (unpaired) electrons. The molecule has 1 unspecified atom stereocenters. The number of aromatic carboxylic acids is 3. The van der Waals surface area contributed by atoms with E-state index >= 15 is 0 Å². The van der Waals surface area contributed by atoms with E-state index in [1.54, 1.807) is 91.0 Å². The van der Waals surface area contributed by atoms with Crippen LogP contribution in [0.1, 0.15) is 44.4 Å². The summed E-state index contributed by atoms with van der Waals surface area (Å²) in [7, 11) is 0. The van der Waals surface area contributed by atoms with Crippen LogP contribution in [0, 0.1) is 0 Å². The third kappa shape index (κ3) is 15.4. The van der Waals surface area contributed by atoms with Crippen LogP contribution in [-0.4, -0.2) is 67.4 Å². The largest absolute Gasteiger partial charge is 0.478 e. The smallest absolute Gasteiger partial charge is 0.335 e. The van der Waals surface area contributed by atoms with Gasteiger partial charge in [-0.25, -0.2) is 14.4 Å². The number of carboxylic acid groups (broad SMARTS) is 3. The van der Waals surface area contributed by atoms with Crippen LogP contribution in [0.2, 0.25) is 0 Å². The van der Waals surface area contributed by atoms with E-state index in [2.05, 4.69) is 0 Å². The molecule has 0 saturated heterocycles. The molecule has 0 aliphatic carbocycles. The average molecular weight is 487 g/mol. The van der Waals surface area contributed by atoms with Crippen molar-refractivity contribution in [2.45, 2.75) is 18.9 Å². The molecular weight excluding hydrogens is 456 g/mol. The molecule has 0 heterocycles. The minimum atomic E-state index is -1.10. The van der Waals surface area contributed by atoms with Gasteiger partial charge in [-0.3, -0.25) is 0 Å². The van der Waals surface area contributed by atoms with Crippen LogP contribution in [0.5, 0.6) is 0 Å². The lowest BCUT2D eigenvalue weighted by molar-refractivity contribution is -0.0162. The van der Waals surface area contributed by atoms with Crippen LogP contribution in [0.4, 0.5) is 0 Å². The van der Waals surface area contributed by atoms with Crippen molar-refractivity contribution in [2.24, 2.45) is 0 Å². The Hall–Kier alpha value is -4.05. The molecule has 0 spiro atoms. The van der Waals surface area contributed by atoms with Crippen molar-refractivity contribution >= 4 is 17.9 Å². The van der Waals surface area contributed by atoms with Gasteiger partial charge in [0, 0.05) is 13.0 Å². The van der Waals surface area contributed by atoms with Gasteiger partial charge in [0.2, 0.25) is 0 Å². The number of benzene rings is 3. The fourth-order valence-electron chi connectivity index (χ4n) is 2.06. The highest BCUT2D eigenvalue weighted by atomic mass is 16.4. The highest BCUT2D eigenvalue weighted by molar-refractivity contribution is 5.88. The fraction of sp³-hybridized carbons (Fsp3) is 0.192. The summed E-state index contributed by atoms with van der Waals surface area (Å²) in [5.74, 6) is -2.64. The van der Waals surface area contributed by atoms with Gasteiger partial charge in [-0.2, -0.15) is 0 Å². The Morgan fingerprint density at radius 2 is 0.857 bits per heavy atom. The molecule has 0 fully saturated rings. The minimum Gasteiger partial charge on any atom is -0.478 e. The summed E-state index contributed by atoms with van der Waals surface area (Å²) in [4.78, 5) is 30.6. The second kappa shape index (κ2) is 17.4. The lowest BCUT2D eigenvalue weighted by Gasteiger charge is -2.17. The van der Waals surface area contributed by atoms with E-state index in [1.807, 2.05) is 0 Å². The van der Waals surface area contributed by atoms with Gasteiger partial charge in [0.25, 0.3) is 0 Å². The zero-order valence-electron chi connectivity index (χ0n) is 19.2. The van der Waals surface area contributed by atoms with Crippen molar-refractivity contribution in [1.29, 1.82) is 0 Å². The maximum absolute atomic E-state index is 10.2. The van der Waals surface area contributed by atoms with Crippen LogP contribution in [0.3, 0.4) is 0 Å².